The van der Waals surface area contributed by atoms with Crippen LogP contribution in [0.25, 0.3) is 0 Å². The molecule has 3 aromatic rings. The molecule has 2 N–H and O–H groups in total. The second-order valence-corrected chi connectivity index (χ2v) is 8.67. The smallest absolute Gasteiger partial charge is 0.292 e. The van der Waals surface area contributed by atoms with Gasteiger partial charge >= 0.3 is 0 Å². The van der Waals surface area contributed by atoms with Crippen molar-refractivity contribution in [3.63, 3.8) is 0 Å². The number of ether oxygens (including phenoxy) is 1. The number of nitrogens with one attached hydrogen (secondary N) is 2. The number of hydrogen-bond donors (Lipinski definition) is 2. The Labute approximate surface area is 212 Å². The Hall–Kier alpha value is -3.93. The van der Waals surface area contributed by atoms with E-state index < -0.39 is 16.9 Å². The van der Waals surface area contributed by atoms with Crippen LogP contribution in [0, 0.1) is 10.1 Å². The second-order valence-electron chi connectivity index (χ2n) is 7.73. The number of amides is 2. The van der Waals surface area contributed by atoms with E-state index in [0.29, 0.717) is 23.3 Å². The summed E-state index contributed by atoms with van der Waals surface area (Å²) in [6.45, 7) is 6.31. The number of carbonyl (C=O) groups excluding carboxylic acids is 2. The van der Waals surface area contributed by atoms with E-state index in [0.717, 1.165) is 18.2 Å². The van der Waals surface area contributed by atoms with Crippen LogP contribution in [-0.2, 0) is 29.1 Å². The number of thioether (sulfide) groups is 1. The van der Waals surface area contributed by atoms with E-state index in [2.05, 4.69) is 27.8 Å². The second kappa shape index (κ2) is 12.7. The van der Waals surface area contributed by atoms with Gasteiger partial charge in [-0.1, -0.05) is 43.0 Å². The molecule has 1 aromatic heterocycles. The molecule has 0 unspecified atom stereocenters. The van der Waals surface area contributed by atoms with E-state index in [1.807, 2.05) is 31.2 Å². The van der Waals surface area contributed by atoms with E-state index in [-0.39, 0.29) is 29.6 Å². The number of aryl methyl sites for hydroxylation is 1. The van der Waals surface area contributed by atoms with Crippen molar-refractivity contribution in [2.24, 2.45) is 0 Å². The van der Waals surface area contributed by atoms with Gasteiger partial charge in [0, 0.05) is 12.6 Å². The number of benzene rings is 2. The van der Waals surface area contributed by atoms with Gasteiger partial charge in [-0.05, 0) is 44.0 Å². The van der Waals surface area contributed by atoms with Gasteiger partial charge in [-0.25, -0.2) is 0 Å². The maximum Gasteiger partial charge on any atom is 0.292 e. The number of anilines is 1. The lowest BCUT2D eigenvalue weighted by atomic mass is 10.2. The molecule has 0 spiro atoms. The van der Waals surface area contributed by atoms with Crippen molar-refractivity contribution < 1.29 is 19.2 Å². The fraction of sp³-hybridized carbons (Fsp3) is 0.333. The molecule has 2 amide bonds. The standard InChI is InChI=1S/C24H28N6O5S/c1-4-17-10-12-18(13-11-17)35-16(3)23(32)25-14-21-27-28-24(29(21)5-2)36-15-22(31)26-19-8-6-7-9-20(19)30(33)34/h6-13,16H,4-5,14-15H2,1-3H3,(H,25,32)(H,26,31)/t16-/m0/s1. The van der Waals surface area contributed by atoms with Crippen LogP contribution in [0.1, 0.15) is 32.2 Å². The molecule has 0 saturated carbocycles. The van der Waals surface area contributed by atoms with Gasteiger partial charge in [0.2, 0.25) is 5.91 Å². The quantitative estimate of drug-likeness (QED) is 0.213. The lowest BCUT2D eigenvalue weighted by Crippen LogP contribution is -2.36. The third-order valence-corrected chi connectivity index (χ3v) is 6.22. The number of nitrogens with zero attached hydrogens (tertiary/aromatic N) is 4. The highest BCUT2D eigenvalue weighted by molar-refractivity contribution is 7.99. The minimum Gasteiger partial charge on any atom is -0.481 e. The van der Waals surface area contributed by atoms with Crippen molar-refractivity contribution in [1.29, 1.82) is 0 Å². The van der Waals surface area contributed by atoms with Crippen LogP contribution in [0.2, 0.25) is 0 Å². The first kappa shape index (κ1) is 26.7. The number of rotatable bonds is 12. The fourth-order valence-corrected chi connectivity index (χ4v) is 4.12. The normalized spacial score (nSPS) is 11.5. The van der Waals surface area contributed by atoms with Crippen LogP contribution >= 0.6 is 11.8 Å². The lowest BCUT2D eigenvalue weighted by Gasteiger charge is -2.15. The summed E-state index contributed by atoms with van der Waals surface area (Å²) in [6.07, 6.45) is 0.227. The van der Waals surface area contributed by atoms with Gasteiger partial charge in [0.05, 0.1) is 17.2 Å². The number of carbonyl (C=O) groups is 2. The molecule has 0 aliphatic carbocycles. The molecule has 2 aromatic carbocycles. The highest BCUT2D eigenvalue weighted by atomic mass is 32.2. The van der Waals surface area contributed by atoms with Crippen molar-refractivity contribution in [1.82, 2.24) is 20.1 Å². The summed E-state index contributed by atoms with van der Waals surface area (Å²) in [6, 6.07) is 13.5. The zero-order chi connectivity index (χ0) is 26.1. The molecule has 0 aliphatic rings. The molecule has 0 saturated heterocycles. The van der Waals surface area contributed by atoms with Gasteiger partial charge < -0.3 is 19.9 Å². The Morgan fingerprint density at radius 3 is 2.53 bits per heavy atom. The molecule has 1 heterocycles. The Balaban J connectivity index is 1.53. The molecule has 1 atom stereocenters. The van der Waals surface area contributed by atoms with Crippen LogP contribution in [0.4, 0.5) is 11.4 Å². The monoisotopic (exact) mass is 512 g/mol. The van der Waals surface area contributed by atoms with Crippen LogP contribution in [0.3, 0.4) is 0 Å². The predicted octanol–water partition coefficient (Wildman–Crippen LogP) is 3.58. The summed E-state index contributed by atoms with van der Waals surface area (Å²) in [7, 11) is 0. The molecule has 0 fully saturated rings. The number of nitro benzene ring substituents is 1. The molecule has 0 bridgehead atoms. The molecule has 3 rings (SSSR count). The van der Waals surface area contributed by atoms with E-state index in [9.17, 15) is 19.7 Å². The van der Waals surface area contributed by atoms with Crippen molar-refractivity contribution in [2.75, 3.05) is 11.1 Å². The van der Waals surface area contributed by atoms with Crippen LogP contribution in [0.15, 0.2) is 53.7 Å². The maximum atomic E-state index is 12.5. The number of aromatic nitrogens is 3. The van der Waals surface area contributed by atoms with E-state index in [4.69, 9.17) is 4.74 Å². The molecule has 12 heteroatoms. The summed E-state index contributed by atoms with van der Waals surface area (Å²) in [5.74, 6) is 0.431. The Kier molecular flexibility index (Phi) is 9.39. The zero-order valence-electron chi connectivity index (χ0n) is 20.3. The number of hydrogen-bond acceptors (Lipinski definition) is 8. The van der Waals surface area contributed by atoms with E-state index in [1.54, 1.807) is 17.6 Å². The van der Waals surface area contributed by atoms with E-state index >= 15 is 0 Å². The molecule has 190 valence electrons. The third-order valence-electron chi connectivity index (χ3n) is 5.25. The van der Waals surface area contributed by atoms with Gasteiger partial charge in [0.1, 0.15) is 11.4 Å². The topological polar surface area (TPSA) is 141 Å². The number of nitro groups is 1. The molecule has 0 aliphatic heterocycles. The van der Waals surface area contributed by atoms with E-state index in [1.165, 1.54) is 23.8 Å². The molecule has 0 radical (unpaired) electrons. The van der Waals surface area contributed by atoms with Crippen molar-refractivity contribution >= 4 is 35.0 Å². The summed E-state index contributed by atoms with van der Waals surface area (Å²) < 4.78 is 7.51. The predicted molar refractivity (Wildman–Crippen MR) is 136 cm³/mol. The lowest BCUT2D eigenvalue weighted by molar-refractivity contribution is -0.383. The van der Waals surface area contributed by atoms with Crippen LogP contribution < -0.4 is 15.4 Å². The average Bonchev–Trinajstić information content (AvgIpc) is 3.28. The first-order valence-electron chi connectivity index (χ1n) is 11.4. The van der Waals surface area contributed by atoms with Gasteiger partial charge in [-0.3, -0.25) is 19.7 Å². The highest BCUT2D eigenvalue weighted by Crippen LogP contribution is 2.24. The number of para-hydroxylation sites is 2. The largest absolute Gasteiger partial charge is 0.481 e. The minimum absolute atomic E-state index is 0.0156. The molecule has 11 nitrogen and oxygen atoms in total. The minimum atomic E-state index is -0.699. The fourth-order valence-electron chi connectivity index (χ4n) is 3.30. The first-order chi connectivity index (χ1) is 17.3. The van der Waals surface area contributed by atoms with Crippen LogP contribution in [-0.4, -0.2) is 43.4 Å². The van der Waals surface area contributed by atoms with Gasteiger partial charge in [0.15, 0.2) is 17.1 Å². The zero-order valence-corrected chi connectivity index (χ0v) is 21.1. The molecule has 36 heavy (non-hydrogen) atoms. The van der Waals surface area contributed by atoms with Crippen molar-refractivity contribution in [2.45, 2.75) is 51.5 Å². The van der Waals surface area contributed by atoms with Gasteiger partial charge in [-0.2, -0.15) is 0 Å². The Morgan fingerprint density at radius 2 is 1.86 bits per heavy atom. The summed E-state index contributed by atoms with van der Waals surface area (Å²) in [4.78, 5) is 35.4. The SMILES string of the molecule is CCc1ccc(O[C@@H](C)C(=O)NCc2nnc(SCC(=O)Nc3ccccc3[N+](=O)[O-])n2CC)cc1. The maximum absolute atomic E-state index is 12.5. The van der Waals surface area contributed by atoms with Crippen LogP contribution in [0.5, 0.6) is 5.75 Å². The summed E-state index contributed by atoms with van der Waals surface area (Å²) >= 11 is 1.15. The summed E-state index contributed by atoms with van der Waals surface area (Å²) in [5, 5.41) is 25.2. The van der Waals surface area contributed by atoms with Gasteiger partial charge in [0.25, 0.3) is 11.6 Å². The molecular formula is C24H28N6O5S. The average molecular weight is 513 g/mol. The van der Waals surface area contributed by atoms with Crippen molar-refractivity contribution in [3.05, 3.63) is 70.0 Å². The Bertz CT molecular complexity index is 1210. The van der Waals surface area contributed by atoms with Gasteiger partial charge in [-0.15, -0.1) is 10.2 Å². The highest BCUT2D eigenvalue weighted by Gasteiger charge is 2.19. The molecular weight excluding hydrogens is 484 g/mol. The first-order valence-corrected chi connectivity index (χ1v) is 12.4. The summed E-state index contributed by atoms with van der Waals surface area (Å²) in [5.41, 5.74) is 1.14. The van der Waals surface area contributed by atoms with Crippen molar-refractivity contribution in [3.8, 4) is 5.75 Å². The Morgan fingerprint density at radius 1 is 1.14 bits per heavy atom. The third kappa shape index (κ3) is 7.04.